The van der Waals surface area contributed by atoms with Gasteiger partial charge >= 0.3 is 5.97 Å². The summed E-state index contributed by atoms with van der Waals surface area (Å²) in [6.07, 6.45) is 0. The summed E-state index contributed by atoms with van der Waals surface area (Å²) in [5.74, 6) is -0.987. The number of hydrogen-bond acceptors (Lipinski definition) is 5. The van der Waals surface area contributed by atoms with Gasteiger partial charge in [-0.15, -0.1) is 5.10 Å². The Kier molecular flexibility index (Phi) is 3.89. The van der Waals surface area contributed by atoms with Gasteiger partial charge in [-0.1, -0.05) is 39.8 Å². The molecule has 0 fully saturated rings. The molecular formula is C13H9BrN4O2S. The van der Waals surface area contributed by atoms with Gasteiger partial charge in [0.1, 0.15) is 0 Å². The molecule has 21 heavy (non-hydrogen) atoms. The van der Waals surface area contributed by atoms with Crippen LogP contribution in [0.25, 0.3) is 16.5 Å². The third-order valence-electron chi connectivity index (χ3n) is 2.80. The van der Waals surface area contributed by atoms with Crippen LogP contribution in [0.1, 0.15) is 0 Å². The number of tetrazole rings is 1. The number of thioether (sulfide) groups is 1. The van der Waals surface area contributed by atoms with E-state index in [4.69, 9.17) is 5.11 Å². The van der Waals surface area contributed by atoms with Crippen LogP contribution in [-0.4, -0.2) is 37.0 Å². The number of carboxylic acids is 1. The van der Waals surface area contributed by atoms with Crippen LogP contribution in [0.5, 0.6) is 0 Å². The number of nitrogens with zero attached hydrogens (tertiary/aromatic N) is 4. The lowest BCUT2D eigenvalue weighted by molar-refractivity contribution is -0.133. The fraction of sp³-hybridized carbons (Fsp3) is 0.0769. The second-order valence-corrected chi connectivity index (χ2v) is 6.09. The van der Waals surface area contributed by atoms with Crippen molar-refractivity contribution in [3.8, 4) is 5.69 Å². The van der Waals surface area contributed by atoms with Crippen molar-refractivity contribution < 1.29 is 9.90 Å². The Bertz CT molecular complexity index is 821. The Morgan fingerprint density at radius 1 is 1.24 bits per heavy atom. The maximum Gasteiger partial charge on any atom is 0.313 e. The molecule has 0 atom stereocenters. The SMILES string of the molecule is O=C(O)CSc1nnnn1-c1ccc2cc(Br)ccc2c1. The minimum atomic E-state index is -0.905. The van der Waals surface area contributed by atoms with Crippen molar-refractivity contribution in [2.24, 2.45) is 0 Å². The number of halogens is 1. The summed E-state index contributed by atoms with van der Waals surface area (Å²) in [5, 5.41) is 22.7. The smallest absolute Gasteiger partial charge is 0.313 e. The molecule has 0 spiro atoms. The van der Waals surface area contributed by atoms with E-state index in [-0.39, 0.29) is 5.75 Å². The van der Waals surface area contributed by atoms with Crippen molar-refractivity contribution in [3.63, 3.8) is 0 Å². The third kappa shape index (κ3) is 3.06. The quantitative estimate of drug-likeness (QED) is 0.716. The zero-order chi connectivity index (χ0) is 14.8. The standard InChI is InChI=1S/C13H9BrN4O2S/c14-10-3-1-9-6-11(4-2-8(9)5-10)18-13(15-16-17-18)21-7-12(19)20/h1-6H,7H2,(H,19,20). The molecule has 0 unspecified atom stereocenters. The van der Waals surface area contributed by atoms with Crippen LogP contribution in [0.3, 0.4) is 0 Å². The lowest BCUT2D eigenvalue weighted by Crippen LogP contribution is -2.03. The molecule has 0 aliphatic carbocycles. The largest absolute Gasteiger partial charge is 0.481 e. The number of fused-ring (bicyclic) bond motifs is 1. The highest BCUT2D eigenvalue weighted by Gasteiger charge is 2.11. The van der Waals surface area contributed by atoms with Gasteiger partial charge in [-0.2, -0.15) is 4.68 Å². The van der Waals surface area contributed by atoms with E-state index >= 15 is 0 Å². The molecule has 3 rings (SSSR count). The maximum atomic E-state index is 10.6. The van der Waals surface area contributed by atoms with Gasteiger partial charge in [0.05, 0.1) is 11.4 Å². The summed E-state index contributed by atoms with van der Waals surface area (Å²) in [6.45, 7) is 0. The number of hydrogen-bond donors (Lipinski definition) is 1. The molecule has 2 aromatic carbocycles. The highest BCUT2D eigenvalue weighted by Crippen LogP contribution is 2.24. The topological polar surface area (TPSA) is 80.9 Å². The second kappa shape index (κ2) is 5.82. The molecule has 1 heterocycles. The molecule has 0 aliphatic rings. The second-order valence-electron chi connectivity index (χ2n) is 4.23. The number of carbonyl (C=O) groups is 1. The Hall–Kier alpha value is -1.93. The highest BCUT2D eigenvalue weighted by atomic mass is 79.9. The predicted molar refractivity (Wildman–Crippen MR) is 82.7 cm³/mol. The number of carboxylic acid groups (broad SMARTS) is 1. The monoisotopic (exact) mass is 364 g/mol. The van der Waals surface area contributed by atoms with Gasteiger partial charge < -0.3 is 5.11 Å². The fourth-order valence-electron chi connectivity index (χ4n) is 1.89. The molecule has 8 heteroatoms. The van der Waals surface area contributed by atoms with Crippen LogP contribution >= 0.6 is 27.7 Å². The molecule has 0 bridgehead atoms. The minimum absolute atomic E-state index is 0.0824. The summed E-state index contributed by atoms with van der Waals surface area (Å²) >= 11 is 4.52. The van der Waals surface area contributed by atoms with Crippen LogP contribution < -0.4 is 0 Å². The predicted octanol–water partition coefficient (Wildman–Crippen LogP) is 2.75. The lowest BCUT2D eigenvalue weighted by atomic mass is 10.1. The number of aromatic nitrogens is 4. The normalized spacial score (nSPS) is 10.9. The molecule has 0 saturated heterocycles. The van der Waals surface area contributed by atoms with E-state index in [1.165, 1.54) is 4.68 Å². The fourth-order valence-corrected chi connectivity index (χ4v) is 2.88. The summed E-state index contributed by atoms with van der Waals surface area (Å²) in [5.41, 5.74) is 0.794. The molecule has 1 aromatic heterocycles. The number of rotatable bonds is 4. The average Bonchev–Trinajstić information content (AvgIpc) is 2.93. The van der Waals surface area contributed by atoms with E-state index in [0.717, 1.165) is 32.7 Å². The van der Waals surface area contributed by atoms with Gasteiger partial charge in [0.25, 0.3) is 0 Å². The Morgan fingerprint density at radius 3 is 2.81 bits per heavy atom. The zero-order valence-corrected chi connectivity index (χ0v) is 13.0. The van der Waals surface area contributed by atoms with Crippen molar-refractivity contribution in [2.75, 3.05) is 5.75 Å². The lowest BCUT2D eigenvalue weighted by Gasteiger charge is -2.05. The zero-order valence-electron chi connectivity index (χ0n) is 10.6. The van der Waals surface area contributed by atoms with Crippen molar-refractivity contribution >= 4 is 44.4 Å². The van der Waals surface area contributed by atoms with E-state index in [1.807, 2.05) is 36.4 Å². The van der Waals surface area contributed by atoms with E-state index < -0.39 is 5.97 Å². The maximum absolute atomic E-state index is 10.6. The van der Waals surface area contributed by atoms with Crippen LogP contribution in [0.2, 0.25) is 0 Å². The Balaban J connectivity index is 1.99. The molecule has 106 valence electrons. The molecule has 0 saturated carbocycles. The first-order chi connectivity index (χ1) is 10.1. The van der Waals surface area contributed by atoms with Gasteiger partial charge in [-0.3, -0.25) is 4.79 Å². The highest BCUT2D eigenvalue weighted by molar-refractivity contribution is 9.10. The first kappa shape index (κ1) is 14.0. The number of benzene rings is 2. The van der Waals surface area contributed by atoms with Crippen LogP contribution in [0.15, 0.2) is 46.0 Å². The Morgan fingerprint density at radius 2 is 2.00 bits per heavy atom. The Labute approximate surface area is 132 Å². The van der Waals surface area contributed by atoms with Gasteiger partial charge in [-0.05, 0) is 45.5 Å². The molecule has 3 aromatic rings. The van der Waals surface area contributed by atoms with Gasteiger partial charge in [0, 0.05) is 4.47 Å². The van der Waals surface area contributed by atoms with Gasteiger partial charge in [0.2, 0.25) is 5.16 Å². The van der Waals surface area contributed by atoms with E-state index in [2.05, 4.69) is 31.5 Å². The van der Waals surface area contributed by atoms with Crippen molar-refractivity contribution in [1.29, 1.82) is 0 Å². The third-order valence-corrected chi connectivity index (χ3v) is 4.19. The van der Waals surface area contributed by atoms with Crippen molar-refractivity contribution in [1.82, 2.24) is 20.2 Å². The number of aliphatic carboxylic acids is 1. The van der Waals surface area contributed by atoms with Gasteiger partial charge in [-0.25, -0.2) is 0 Å². The molecule has 1 N–H and O–H groups in total. The molecular weight excluding hydrogens is 356 g/mol. The first-order valence-corrected chi connectivity index (χ1v) is 7.74. The summed E-state index contributed by atoms with van der Waals surface area (Å²) < 4.78 is 2.55. The van der Waals surface area contributed by atoms with Crippen LogP contribution in [-0.2, 0) is 4.79 Å². The summed E-state index contributed by atoms with van der Waals surface area (Å²) in [4.78, 5) is 10.6. The molecule has 0 amide bonds. The van der Waals surface area contributed by atoms with Gasteiger partial charge in [0.15, 0.2) is 0 Å². The van der Waals surface area contributed by atoms with E-state index in [0.29, 0.717) is 5.16 Å². The van der Waals surface area contributed by atoms with Crippen molar-refractivity contribution in [3.05, 3.63) is 40.9 Å². The average molecular weight is 365 g/mol. The molecule has 6 nitrogen and oxygen atoms in total. The van der Waals surface area contributed by atoms with E-state index in [9.17, 15) is 4.79 Å². The first-order valence-electron chi connectivity index (χ1n) is 5.96. The minimum Gasteiger partial charge on any atom is -0.481 e. The summed E-state index contributed by atoms with van der Waals surface area (Å²) in [6, 6.07) is 11.8. The molecule has 0 radical (unpaired) electrons. The van der Waals surface area contributed by atoms with E-state index in [1.54, 1.807) is 0 Å². The molecule has 0 aliphatic heterocycles. The van der Waals surface area contributed by atoms with Crippen LogP contribution in [0.4, 0.5) is 0 Å². The van der Waals surface area contributed by atoms with Crippen molar-refractivity contribution in [2.45, 2.75) is 5.16 Å². The summed E-state index contributed by atoms with van der Waals surface area (Å²) in [7, 11) is 0. The van der Waals surface area contributed by atoms with Crippen LogP contribution in [0, 0.1) is 0 Å².